The molecule has 4 rings (SSSR count). The lowest BCUT2D eigenvalue weighted by Crippen LogP contribution is -2.27. The van der Waals surface area contributed by atoms with Crippen LogP contribution in [-0.2, 0) is 12.3 Å². The molecule has 0 spiro atoms. The fraction of sp³-hybridized carbons (Fsp3) is 0.364. The summed E-state index contributed by atoms with van der Waals surface area (Å²) in [5, 5.41) is 0. The number of allylic oxidation sites excluding steroid dienone is 1. The molecule has 0 radical (unpaired) electrons. The molecule has 2 aromatic rings. The van der Waals surface area contributed by atoms with E-state index in [9.17, 15) is 17.6 Å². The summed E-state index contributed by atoms with van der Waals surface area (Å²) in [6, 6.07) is 11.5. The van der Waals surface area contributed by atoms with Crippen molar-refractivity contribution >= 4 is 0 Å². The van der Waals surface area contributed by atoms with Crippen molar-refractivity contribution in [2.75, 3.05) is 6.54 Å². The van der Waals surface area contributed by atoms with Crippen LogP contribution in [0.5, 0.6) is 0 Å². The first-order valence-corrected chi connectivity index (χ1v) is 9.12. The van der Waals surface area contributed by atoms with E-state index in [0.717, 1.165) is 11.3 Å². The van der Waals surface area contributed by atoms with E-state index in [-0.39, 0.29) is 17.2 Å². The van der Waals surface area contributed by atoms with Crippen molar-refractivity contribution in [2.45, 2.75) is 38.2 Å². The molecule has 2 atom stereocenters. The van der Waals surface area contributed by atoms with Crippen LogP contribution in [0.15, 0.2) is 54.7 Å². The van der Waals surface area contributed by atoms with Gasteiger partial charge in [-0.1, -0.05) is 49.0 Å². The molecule has 1 fully saturated rings. The van der Waals surface area contributed by atoms with Gasteiger partial charge in [0, 0.05) is 41.7 Å². The van der Waals surface area contributed by atoms with Gasteiger partial charge < -0.3 is 4.90 Å². The number of halogens is 4. The molecule has 2 unspecified atom stereocenters. The van der Waals surface area contributed by atoms with E-state index >= 15 is 0 Å². The van der Waals surface area contributed by atoms with E-state index in [1.54, 1.807) is 30.3 Å². The van der Waals surface area contributed by atoms with Crippen LogP contribution in [0.3, 0.4) is 0 Å². The van der Waals surface area contributed by atoms with Crippen LogP contribution in [0.1, 0.15) is 30.0 Å². The predicted molar refractivity (Wildman–Crippen MR) is 98.0 cm³/mol. The molecule has 0 amide bonds. The summed E-state index contributed by atoms with van der Waals surface area (Å²) in [6.07, 6.45) is -1.43. The second-order valence-corrected chi connectivity index (χ2v) is 7.57. The number of nitrogens with zero attached hydrogens (tertiary/aromatic N) is 1. The summed E-state index contributed by atoms with van der Waals surface area (Å²) in [6.45, 7) is 6.29. The van der Waals surface area contributed by atoms with Crippen LogP contribution in [0.25, 0.3) is 11.1 Å². The lowest BCUT2D eigenvalue weighted by Gasteiger charge is -2.26. The number of hydrogen-bond acceptors (Lipinski definition) is 1. The van der Waals surface area contributed by atoms with Gasteiger partial charge in [0.1, 0.15) is 0 Å². The van der Waals surface area contributed by atoms with Gasteiger partial charge in [-0.25, -0.2) is 8.78 Å². The molecule has 2 aliphatic rings. The fourth-order valence-electron chi connectivity index (χ4n) is 4.37. The molecule has 5 heteroatoms. The fourth-order valence-corrected chi connectivity index (χ4v) is 4.37. The van der Waals surface area contributed by atoms with Crippen molar-refractivity contribution in [1.82, 2.24) is 4.90 Å². The maximum Gasteiger partial charge on any atom is 0.299 e. The number of alkyl halides is 4. The normalized spacial score (nSPS) is 22.8. The van der Waals surface area contributed by atoms with E-state index in [1.165, 1.54) is 12.1 Å². The Morgan fingerprint density at radius 1 is 1.15 bits per heavy atom. The number of rotatable bonds is 4. The number of fused-ring (bicyclic) bond motifs is 3. The maximum atomic E-state index is 14.6. The van der Waals surface area contributed by atoms with Crippen molar-refractivity contribution in [3.05, 3.63) is 71.4 Å². The molecule has 142 valence electrons. The minimum absolute atomic E-state index is 0.0102. The first-order chi connectivity index (χ1) is 12.8. The largest absolute Gasteiger partial charge is 0.372 e. The van der Waals surface area contributed by atoms with Gasteiger partial charge in [-0.15, -0.1) is 0 Å². The van der Waals surface area contributed by atoms with E-state index in [0.29, 0.717) is 30.5 Å². The second kappa shape index (κ2) is 6.39. The molecule has 0 N–H and O–H groups in total. The van der Waals surface area contributed by atoms with Crippen LogP contribution in [0.2, 0.25) is 0 Å². The number of benzene rings is 2. The number of hydrogen-bond donors (Lipinski definition) is 0. The zero-order valence-electron chi connectivity index (χ0n) is 15.1. The molecule has 1 aliphatic carbocycles. The van der Waals surface area contributed by atoms with Crippen LogP contribution >= 0.6 is 0 Å². The smallest absolute Gasteiger partial charge is 0.299 e. The van der Waals surface area contributed by atoms with Crippen LogP contribution in [-0.4, -0.2) is 23.9 Å². The Kier molecular flexibility index (Phi) is 4.28. The zero-order valence-corrected chi connectivity index (χ0v) is 15.1. The minimum atomic E-state index is -2.99. The molecule has 1 nitrogen and oxygen atoms in total. The summed E-state index contributed by atoms with van der Waals surface area (Å²) in [7, 11) is 0. The van der Waals surface area contributed by atoms with E-state index in [4.69, 9.17) is 0 Å². The molecule has 1 heterocycles. The van der Waals surface area contributed by atoms with Crippen molar-refractivity contribution in [2.24, 2.45) is 5.92 Å². The van der Waals surface area contributed by atoms with Crippen molar-refractivity contribution in [1.29, 1.82) is 0 Å². The standard InChI is InChI=1S/C22H21F4N/c1-13(27-12-16(21(23)24)10-14(27)2)9-15-7-8-20-18(11-15)17-5-3-4-6-19(17)22(20,25)26/h3-8,11,14,16,21H,1,9-10,12H2,2H3. The molecular formula is C22H21F4N. The molecular weight excluding hydrogens is 354 g/mol. The maximum absolute atomic E-state index is 14.6. The molecule has 2 aromatic carbocycles. The summed E-state index contributed by atoms with van der Waals surface area (Å²) < 4.78 is 55.3. The lowest BCUT2D eigenvalue weighted by atomic mass is 10.00. The SMILES string of the molecule is C=C(Cc1ccc2c(c1)-c1ccccc1C2(F)F)N1CC(C(F)F)CC1C. The lowest BCUT2D eigenvalue weighted by molar-refractivity contribution is 0.0480. The Morgan fingerprint density at radius 3 is 2.56 bits per heavy atom. The summed E-state index contributed by atoms with van der Waals surface area (Å²) in [5.41, 5.74) is 2.76. The topological polar surface area (TPSA) is 3.24 Å². The number of likely N-dealkylation sites (tertiary alicyclic amines) is 1. The van der Waals surface area contributed by atoms with E-state index in [1.807, 2.05) is 11.8 Å². The van der Waals surface area contributed by atoms with Gasteiger partial charge in [0.05, 0.1) is 0 Å². The van der Waals surface area contributed by atoms with Gasteiger partial charge in [0.2, 0.25) is 6.43 Å². The highest BCUT2D eigenvalue weighted by Crippen LogP contribution is 2.51. The third kappa shape index (κ3) is 2.93. The molecule has 0 bridgehead atoms. The van der Waals surface area contributed by atoms with Crippen molar-refractivity contribution < 1.29 is 17.6 Å². The highest BCUT2D eigenvalue weighted by molar-refractivity contribution is 5.79. The van der Waals surface area contributed by atoms with Gasteiger partial charge in [-0.3, -0.25) is 0 Å². The van der Waals surface area contributed by atoms with Crippen LogP contribution in [0, 0.1) is 5.92 Å². The molecule has 1 aliphatic heterocycles. The zero-order chi connectivity index (χ0) is 19.3. The van der Waals surface area contributed by atoms with Crippen molar-refractivity contribution in [3.8, 4) is 11.1 Å². The van der Waals surface area contributed by atoms with Gasteiger partial charge in [0.15, 0.2) is 0 Å². The second-order valence-electron chi connectivity index (χ2n) is 7.57. The average Bonchev–Trinajstić information content (AvgIpc) is 3.12. The van der Waals surface area contributed by atoms with Crippen molar-refractivity contribution in [3.63, 3.8) is 0 Å². The Bertz CT molecular complexity index is 890. The average molecular weight is 375 g/mol. The van der Waals surface area contributed by atoms with Crippen LogP contribution in [0.4, 0.5) is 17.6 Å². The third-order valence-corrected chi connectivity index (χ3v) is 5.76. The highest BCUT2D eigenvalue weighted by Gasteiger charge is 2.44. The Hall–Kier alpha value is -2.30. The minimum Gasteiger partial charge on any atom is -0.372 e. The highest BCUT2D eigenvalue weighted by atomic mass is 19.3. The first-order valence-electron chi connectivity index (χ1n) is 9.12. The monoisotopic (exact) mass is 375 g/mol. The van der Waals surface area contributed by atoms with Gasteiger partial charge >= 0.3 is 0 Å². The van der Waals surface area contributed by atoms with E-state index < -0.39 is 18.3 Å². The third-order valence-electron chi connectivity index (χ3n) is 5.76. The predicted octanol–water partition coefficient (Wildman–Crippen LogP) is 5.84. The summed E-state index contributed by atoms with van der Waals surface area (Å²) in [5.74, 6) is -3.63. The molecule has 1 saturated heterocycles. The Labute approximate surface area is 156 Å². The molecule has 0 saturated carbocycles. The van der Waals surface area contributed by atoms with Gasteiger partial charge in [-0.05, 0) is 30.0 Å². The Balaban J connectivity index is 1.59. The molecule has 27 heavy (non-hydrogen) atoms. The Morgan fingerprint density at radius 2 is 1.85 bits per heavy atom. The summed E-state index contributed by atoms with van der Waals surface area (Å²) in [4.78, 5) is 1.92. The van der Waals surface area contributed by atoms with Gasteiger partial charge in [-0.2, -0.15) is 8.78 Å². The molecule has 0 aromatic heterocycles. The first kappa shape index (κ1) is 18.1. The van der Waals surface area contributed by atoms with Gasteiger partial charge in [0.25, 0.3) is 5.92 Å². The van der Waals surface area contributed by atoms with E-state index in [2.05, 4.69) is 6.58 Å². The quantitative estimate of drug-likeness (QED) is 0.607. The summed E-state index contributed by atoms with van der Waals surface area (Å²) >= 11 is 0. The van der Waals surface area contributed by atoms with Crippen LogP contribution < -0.4 is 0 Å².